The molecule has 2 aromatic rings. The third kappa shape index (κ3) is 1.35. The molecule has 0 N–H and O–H groups in total. The van der Waals surface area contributed by atoms with E-state index in [0.717, 1.165) is 11.3 Å². The summed E-state index contributed by atoms with van der Waals surface area (Å²) in [5.41, 5.74) is 0.407. The van der Waals surface area contributed by atoms with Gasteiger partial charge in [0.1, 0.15) is 0 Å². The number of non-ortho nitro benzene ring substituents is 1. The van der Waals surface area contributed by atoms with Crippen molar-refractivity contribution < 1.29 is 9.31 Å². The molecule has 13 heavy (non-hydrogen) atoms. The van der Waals surface area contributed by atoms with Gasteiger partial charge in [-0.25, -0.2) is 4.98 Å². The van der Waals surface area contributed by atoms with E-state index in [0.29, 0.717) is 10.2 Å². The molecular weight excluding hydrogens is 195 g/mol. The van der Waals surface area contributed by atoms with E-state index < -0.39 is 10.2 Å². The van der Waals surface area contributed by atoms with E-state index in [2.05, 4.69) is 4.98 Å². The van der Waals surface area contributed by atoms with Crippen LogP contribution in [0, 0.1) is 15.4 Å². The smallest absolute Gasteiger partial charge is 0.258 e. The summed E-state index contributed by atoms with van der Waals surface area (Å²) in [7, 11) is 0. The molecule has 1 aromatic carbocycles. The van der Waals surface area contributed by atoms with Crippen molar-refractivity contribution in [3.63, 3.8) is 0 Å². The predicted molar refractivity (Wildman–Crippen MR) is 46.2 cm³/mol. The van der Waals surface area contributed by atoms with E-state index in [-0.39, 0.29) is 5.69 Å². The Morgan fingerprint density at radius 2 is 2.31 bits per heavy atom. The van der Waals surface area contributed by atoms with Gasteiger partial charge in [0.2, 0.25) is 0 Å². The van der Waals surface area contributed by atoms with Crippen LogP contribution in [0.25, 0.3) is 10.2 Å². The highest BCUT2D eigenvalue weighted by Gasteiger charge is 2.09. The van der Waals surface area contributed by atoms with Crippen LogP contribution in [0.2, 0.25) is 0 Å². The SMILES string of the molecule is O=[N+]([O-])c1ccc2nc(F)sc2c1. The molecule has 0 aliphatic rings. The fourth-order valence-corrected chi connectivity index (χ4v) is 1.72. The Morgan fingerprint density at radius 3 is 3.00 bits per heavy atom. The first-order valence-corrected chi connectivity index (χ1v) is 4.19. The molecule has 0 fully saturated rings. The largest absolute Gasteiger partial charge is 0.270 e. The number of thiazole rings is 1. The molecule has 6 heteroatoms. The van der Waals surface area contributed by atoms with Gasteiger partial charge in [-0.3, -0.25) is 10.1 Å². The molecule has 0 unspecified atom stereocenters. The summed E-state index contributed by atoms with van der Waals surface area (Å²) in [5, 5.41) is 9.77. The summed E-state index contributed by atoms with van der Waals surface area (Å²) >= 11 is 0.801. The fourth-order valence-electron chi connectivity index (χ4n) is 0.999. The van der Waals surface area contributed by atoms with Gasteiger partial charge in [-0.1, -0.05) is 11.3 Å². The predicted octanol–water partition coefficient (Wildman–Crippen LogP) is 2.34. The minimum atomic E-state index is -0.574. The number of fused-ring (bicyclic) bond motifs is 1. The van der Waals surface area contributed by atoms with Crippen LogP contribution in [0.15, 0.2) is 18.2 Å². The summed E-state index contributed by atoms with van der Waals surface area (Å²) in [5.74, 6) is 0. The Bertz CT molecular complexity index is 482. The second kappa shape index (κ2) is 2.74. The molecule has 1 heterocycles. The Morgan fingerprint density at radius 1 is 1.54 bits per heavy atom. The third-order valence-electron chi connectivity index (χ3n) is 1.56. The molecule has 0 radical (unpaired) electrons. The van der Waals surface area contributed by atoms with Gasteiger partial charge < -0.3 is 0 Å². The van der Waals surface area contributed by atoms with Crippen LogP contribution < -0.4 is 0 Å². The summed E-state index contributed by atoms with van der Waals surface area (Å²) in [6.45, 7) is 0. The van der Waals surface area contributed by atoms with Crippen LogP contribution in [-0.2, 0) is 0 Å². The van der Waals surface area contributed by atoms with Crippen LogP contribution >= 0.6 is 11.3 Å². The van der Waals surface area contributed by atoms with Gasteiger partial charge in [0, 0.05) is 12.1 Å². The van der Waals surface area contributed by atoms with Gasteiger partial charge in [-0.05, 0) is 6.07 Å². The van der Waals surface area contributed by atoms with Crippen molar-refractivity contribution in [2.45, 2.75) is 0 Å². The molecule has 0 amide bonds. The van der Waals surface area contributed by atoms with Crippen LogP contribution in [0.3, 0.4) is 0 Å². The molecule has 0 aliphatic heterocycles. The van der Waals surface area contributed by atoms with Crippen LogP contribution in [0.5, 0.6) is 0 Å². The lowest BCUT2D eigenvalue weighted by Crippen LogP contribution is -1.85. The third-order valence-corrected chi connectivity index (χ3v) is 2.36. The molecule has 0 saturated carbocycles. The number of nitro groups is 1. The van der Waals surface area contributed by atoms with E-state index in [1.165, 1.54) is 18.2 Å². The van der Waals surface area contributed by atoms with E-state index >= 15 is 0 Å². The lowest BCUT2D eigenvalue weighted by Gasteiger charge is -1.88. The Labute approximate surface area is 75.8 Å². The highest BCUT2D eigenvalue weighted by molar-refractivity contribution is 7.17. The summed E-state index contributed by atoms with van der Waals surface area (Å²) in [6.07, 6.45) is 0. The standard InChI is InChI=1S/C7H3FN2O2S/c8-7-9-5-2-1-4(10(11)12)3-6(5)13-7/h1-3H. The number of hydrogen-bond acceptors (Lipinski definition) is 4. The lowest BCUT2D eigenvalue weighted by atomic mass is 10.3. The highest BCUT2D eigenvalue weighted by Crippen LogP contribution is 2.25. The Hall–Kier alpha value is -1.56. The average Bonchev–Trinajstić information content (AvgIpc) is 2.42. The van der Waals surface area contributed by atoms with E-state index in [1.807, 2.05) is 0 Å². The zero-order valence-corrected chi connectivity index (χ0v) is 7.05. The van der Waals surface area contributed by atoms with Crippen molar-refractivity contribution in [1.29, 1.82) is 0 Å². The summed E-state index contributed by atoms with van der Waals surface area (Å²) in [6, 6.07) is 4.06. The van der Waals surface area contributed by atoms with E-state index in [1.54, 1.807) is 0 Å². The quantitative estimate of drug-likeness (QED) is 0.522. The van der Waals surface area contributed by atoms with Gasteiger partial charge in [-0.2, -0.15) is 4.39 Å². The molecule has 0 aliphatic carbocycles. The molecule has 0 saturated heterocycles. The minimum absolute atomic E-state index is 0.0452. The monoisotopic (exact) mass is 198 g/mol. The van der Waals surface area contributed by atoms with Gasteiger partial charge >= 0.3 is 0 Å². The first kappa shape index (κ1) is 8.06. The average molecular weight is 198 g/mol. The molecular formula is C7H3FN2O2S. The minimum Gasteiger partial charge on any atom is -0.258 e. The maximum atomic E-state index is 12.6. The fraction of sp³-hybridized carbons (Fsp3) is 0. The number of aromatic nitrogens is 1. The molecule has 2 rings (SSSR count). The number of nitro benzene ring substituents is 1. The van der Waals surface area contributed by atoms with Gasteiger partial charge in [0.15, 0.2) is 0 Å². The van der Waals surface area contributed by atoms with Crippen LogP contribution in [0.4, 0.5) is 10.1 Å². The van der Waals surface area contributed by atoms with Gasteiger partial charge in [-0.15, -0.1) is 0 Å². The summed E-state index contributed by atoms with van der Waals surface area (Å²) in [4.78, 5) is 13.4. The number of hydrogen-bond donors (Lipinski definition) is 0. The molecule has 1 aromatic heterocycles. The maximum Gasteiger partial charge on any atom is 0.270 e. The van der Waals surface area contributed by atoms with Crippen molar-refractivity contribution >= 4 is 27.2 Å². The lowest BCUT2D eigenvalue weighted by molar-refractivity contribution is -0.384. The van der Waals surface area contributed by atoms with Crippen LogP contribution in [-0.4, -0.2) is 9.91 Å². The zero-order valence-electron chi connectivity index (χ0n) is 6.23. The van der Waals surface area contributed by atoms with Crippen molar-refractivity contribution in [1.82, 2.24) is 4.98 Å². The number of nitrogens with zero attached hydrogens (tertiary/aromatic N) is 2. The number of benzene rings is 1. The second-order valence-electron chi connectivity index (χ2n) is 2.38. The molecule has 0 atom stereocenters. The maximum absolute atomic E-state index is 12.6. The van der Waals surface area contributed by atoms with Crippen molar-refractivity contribution in [3.05, 3.63) is 33.6 Å². The Kier molecular flexibility index (Phi) is 1.70. The molecule has 0 bridgehead atoms. The van der Waals surface area contributed by atoms with Crippen molar-refractivity contribution in [2.24, 2.45) is 0 Å². The first-order chi connectivity index (χ1) is 6.16. The first-order valence-electron chi connectivity index (χ1n) is 3.37. The van der Waals surface area contributed by atoms with Crippen molar-refractivity contribution in [2.75, 3.05) is 0 Å². The van der Waals surface area contributed by atoms with Crippen molar-refractivity contribution in [3.8, 4) is 0 Å². The second-order valence-corrected chi connectivity index (χ2v) is 3.36. The summed E-state index contributed by atoms with van der Waals surface area (Å²) < 4.78 is 13.1. The molecule has 66 valence electrons. The van der Waals surface area contributed by atoms with Gasteiger partial charge in [0.05, 0.1) is 15.1 Å². The number of halogens is 1. The number of rotatable bonds is 1. The highest BCUT2D eigenvalue weighted by atomic mass is 32.1. The normalized spacial score (nSPS) is 10.5. The van der Waals surface area contributed by atoms with Crippen LogP contribution in [0.1, 0.15) is 0 Å². The van der Waals surface area contributed by atoms with Gasteiger partial charge in [0.25, 0.3) is 10.9 Å². The molecule has 0 spiro atoms. The molecule has 4 nitrogen and oxygen atoms in total. The van der Waals surface area contributed by atoms with E-state index in [4.69, 9.17) is 0 Å². The topological polar surface area (TPSA) is 56.0 Å². The zero-order chi connectivity index (χ0) is 9.42. The Balaban J connectivity index is 2.67. The van der Waals surface area contributed by atoms with E-state index in [9.17, 15) is 14.5 Å².